The van der Waals surface area contributed by atoms with Crippen molar-refractivity contribution in [1.82, 2.24) is 14.9 Å². The highest BCUT2D eigenvalue weighted by molar-refractivity contribution is 6.32. The molecule has 0 aromatic carbocycles. The van der Waals surface area contributed by atoms with Crippen molar-refractivity contribution < 1.29 is 9.53 Å². The van der Waals surface area contributed by atoms with Crippen LogP contribution in [0.2, 0.25) is 10.4 Å². The number of carbonyl (C=O) groups is 1. The van der Waals surface area contributed by atoms with Crippen molar-refractivity contribution in [1.29, 1.82) is 0 Å². The second-order valence-corrected chi connectivity index (χ2v) is 5.22. The van der Waals surface area contributed by atoms with Gasteiger partial charge < -0.3 is 4.74 Å². The first-order valence-corrected chi connectivity index (χ1v) is 6.83. The lowest BCUT2D eigenvalue weighted by Gasteiger charge is -2.30. The van der Waals surface area contributed by atoms with E-state index in [1.54, 1.807) is 6.20 Å². The summed E-state index contributed by atoms with van der Waals surface area (Å²) in [5.74, 6) is -0.106. The molecule has 104 valence electrons. The van der Waals surface area contributed by atoms with E-state index in [0.29, 0.717) is 11.7 Å². The zero-order valence-corrected chi connectivity index (χ0v) is 12.1. The van der Waals surface area contributed by atoms with Gasteiger partial charge in [0, 0.05) is 18.3 Å². The van der Waals surface area contributed by atoms with E-state index in [1.807, 2.05) is 0 Å². The Morgan fingerprint density at radius 3 is 2.74 bits per heavy atom. The molecule has 2 rings (SSSR count). The third-order valence-corrected chi connectivity index (χ3v) is 3.81. The van der Waals surface area contributed by atoms with Gasteiger partial charge in [-0.1, -0.05) is 11.6 Å². The molecule has 0 N–H and O–H groups in total. The summed E-state index contributed by atoms with van der Waals surface area (Å²) in [7, 11) is 1.43. The van der Waals surface area contributed by atoms with Crippen LogP contribution in [-0.2, 0) is 16.1 Å². The van der Waals surface area contributed by atoms with Crippen LogP contribution < -0.4 is 0 Å². The largest absolute Gasteiger partial charge is 0.469 e. The fourth-order valence-electron chi connectivity index (χ4n) is 2.21. The molecule has 0 bridgehead atoms. The molecule has 5 nitrogen and oxygen atoms in total. The van der Waals surface area contributed by atoms with E-state index >= 15 is 0 Å². The molecule has 0 atom stereocenters. The molecular formula is C12H15Cl2N3O2. The van der Waals surface area contributed by atoms with Crippen LogP contribution in [0.25, 0.3) is 0 Å². The van der Waals surface area contributed by atoms with E-state index in [0.717, 1.165) is 31.5 Å². The van der Waals surface area contributed by atoms with Crippen LogP contribution in [0, 0.1) is 5.92 Å². The maximum atomic E-state index is 11.4. The highest BCUT2D eigenvalue weighted by Gasteiger charge is 2.25. The lowest BCUT2D eigenvalue weighted by Crippen LogP contribution is -2.36. The van der Waals surface area contributed by atoms with Crippen LogP contribution in [0.5, 0.6) is 0 Å². The molecule has 2 heterocycles. The molecule has 19 heavy (non-hydrogen) atoms. The van der Waals surface area contributed by atoms with Gasteiger partial charge in [-0.05, 0) is 37.5 Å². The van der Waals surface area contributed by atoms with E-state index < -0.39 is 0 Å². The third-order valence-electron chi connectivity index (χ3n) is 3.30. The molecule has 1 saturated heterocycles. The Morgan fingerprint density at radius 1 is 1.47 bits per heavy atom. The van der Waals surface area contributed by atoms with Gasteiger partial charge in [-0.25, -0.2) is 9.97 Å². The first kappa shape index (κ1) is 14.5. The van der Waals surface area contributed by atoms with E-state index in [9.17, 15) is 4.79 Å². The van der Waals surface area contributed by atoms with Gasteiger partial charge in [0.2, 0.25) is 5.28 Å². The third kappa shape index (κ3) is 3.78. The van der Waals surface area contributed by atoms with Gasteiger partial charge in [-0.2, -0.15) is 0 Å². The van der Waals surface area contributed by atoms with Gasteiger partial charge in [0.25, 0.3) is 0 Å². The van der Waals surface area contributed by atoms with E-state index in [2.05, 4.69) is 14.9 Å². The number of esters is 1. The normalized spacial score (nSPS) is 17.4. The standard InChI is InChI=1S/C12H15Cl2N3O2/c1-19-11(18)8-2-4-17(5-3-8)7-9-6-15-12(14)16-10(9)13/h6,8H,2-5,7H2,1H3. The molecule has 1 aromatic heterocycles. The minimum Gasteiger partial charge on any atom is -0.469 e. The average Bonchev–Trinajstić information content (AvgIpc) is 2.42. The number of halogens is 2. The van der Waals surface area contributed by atoms with Crippen LogP contribution in [0.15, 0.2) is 6.20 Å². The maximum absolute atomic E-state index is 11.4. The van der Waals surface area contributed by atoms with Crippen molar-refractivity contribution in [2.24, 2.45) is 5.92 Å². The summed E-state index contributed by atoms with van der Waals surface area (Å²) in [6.45, 7) is 2.33. The van der Waals surface area contributed by atoms with Crippen molar-refractivity contribution in [3.8, 4) is 0 Å². The van der Waals surface area contributed by atoms with Crippen molar-refractivity contribution in [2.75, 3.05) is 20.2 Å². The highest BCUT2D eigenvalue weighted by Crippen LogP contribution is 2.22. The number of hydrogen-bond acceptors (Lipinski definition) is 5. The number of carbonyl (C=O) groups excluding carboxylic acids is 1. The monoisotopic (exact) mass is 303 g/mol. The number of ether oxygens (including phenoxy) is 1. The molecule has 7 heteroatoms. The Kier molecular flexibility index (Phi) is 4.96. The minimum atomic E-state index is -0.118. The Hall–Kier alpha value is -0.910. The van der Waals surface area contributed by atoms with Crippen molar-refractivity contribution in [2.45, 2.75) is 19.4 Å². The second-order valence-electron chi connectivity index (χ2n) is 4.53. The molecule has 1 aliphatic rings. The zero-order chi connectivity index (χ0) is 13.8. The fraction of sp³-hybridized carbons (Fsp3) is 0.583. The molecule has 0 aliphatic carbocycles. The summed E-state index contributed by atoms with van der Waals surface area (Å²) in [6.07, 6.45) is 3.25. The summed E-state index contributed by atoms with van der Waals surface area (Å²) in [5, 5.41) is 0.535. The molecule has 0 saturated carbocycles. The molecule has 0 amide bonds. The Labute approximate surface area is 121 Å². The van der Waals surface area contributed by atoms with Crippen LogP contribution in [0.1, 0.15) is 18.4 Å². The predicted octanol–water partition coefficient (Wildman–Crippen LogP) is 2.17. The molecular weight excluding hydrogens is 289 g/mol. The van der Waals surface area contributed by atoms with Gasteiger partial charge in [-0.3, -0.25) is 9.69 Å². The van der Waals surface area contributed by atoms with Gasteiger partial charge in [0.05, 0.1) is 13.0 Å². The van der Waals surface area contributed by atoms with Gasteiger partial charge in [0.1, 0.15) is 5.15 Å². The molecule has 0 unspecified atom stereocenters. The van der Waals surface area contributed by atoms with Crippen molar-refractivity contribution in [3.63, 3.8) is 0 Å². The second kappa shape index (κ2) is 6.50. The summed E-state index contributed by atoms with van der Waals surface area (Å²) < 4.78 is 4.76. The van der Waals surface area contributed by atoms with Crippen LogP contribution in [0.3, 0.4) is 0 Å². The SMILES string of the molecule is COC(=O)C1CCN(Cc2cnc(Cl)nc2Cl)CC1. The first-order chi connectivity index (χ1) is 9.10. The molecule has 1 fully saturated rings. The fourth-order valence-corrected chi connectivity index (χ4v) is 2.57. The predicted molar refractivity (Wildman–Crippen MR) is 72.1 cm³/mol. The maximum Gasteiger partial charge on any atom is 0.308 e. The smallest absolute Gasteiger partial charge is 0.308 e. The Balaban J connectivity index is 1.90. The number of rotatable bonds is 3. The lowest BCUT2D eigenvalue weighted by atomic mass is 9.97. The number of piperidine rings is 1. The number of hydrogen-bond donors (Lipinski definition) is 0. The number of methoxy groups -OCH3 is 1. The summed E-state index contributed by atoms with van der Waals surface area (Å²) in [6, 6.07) is 0. The topological polar surface area (TPSA) is 55.3 Å². The van der Waals surface area contributed by atoms with Crippen molar-refractivity contribution in [3.05, 3.63) is 22.2 Å². The Bertz CT molecular complexity index is 462. The first-order valence-electron chi connectivity index (χ1n) is 6.07. The number of nitrogens with zero attached hydrogens (tertiary/aromatic N) is 3. The lowest BCUT2D eigenvalue weighted by molar-refractivity contribution is -0.147. The van der Waals surface area contributed by atoms with E-state index in [1.165, 1.54) is 7.11 Å². The van der Waals surface area contributed by atoms with E-state index in [-0.39, 0.29) is 17.2 Å². The van der Waals surface area contributed by atoms with Crippen LogP contribution in [-0.4, -0.2) is 41.0 Å². The van der Waals surface area contributed by atoms with Crippen LogP contribution in [0.4, 0.5) is 0 Å². The van der Waals surface area contributed by atoms with Gasteiger partial charge >= 0.3 is 5.97 Å². The Morgan fingerprint density at radius 2 is 2.16 bits per heavy atom. The summed E-state index contributed by atoms with van der Waals surface area (Å²) in [5.41, 5.74) is 0.850. The molecule has 1 aromatic rings. The van der Waals surface area contributed by atoms with Gasteiger partial charge in [0.15, 0.2) is 0 Å². The average molecular weight is 304 g/mol. The summed E-state index contributed by atoms with van der Waals surface area (Å²) in [4.78, 5) is 21.5. The zero-order valence-electron chi connectivity index (χ0n) is 10.6. The number of likely N-dealkylation sites (tertiary alicyclic amines) is 1. The van der Waals surface area contributed by atoms with Gasteiger partial charge in [-0.15, -0.1) is 0 Å². The molecule has 0 radical (unpaired) electrons. The number of aromatic nitrogens is 2. The highest BCUT2D eigenvalue weighted by atomic mass is 35.5. The van der Waals surface area contributed by atoms with E-state index in [4.69, 9.17) is 27.9 Å². The van der Waals surface area contributed by atoms with Crippen LogP contribution >= 0.6 is 23.2 Å². The molecule has 0 spiro atoms. The quantitative estimate of drug-likeness (QED) is 0.486. The van der Waals surface area contributed by atoms with Crippen molar-refractivity contribution >= 4 is 29.2 Å². The minimum absolute atomic E-state index is 0.0122. The summed E-state index contributed by atoms with van der Waals surface area (Å²) >= 11 is 11.7. The molecule has 1 aliphatic heterocycles.